The minimum absolute atomic E-state index is 0.0272. The number of benzene rings is 1. The fourth-order valence-electron chi connectivity index (χ4n) is 2.62. The highest BCUT2D eigenvalue weighted by molar-refractivity contribution is 6.29. The summed E-state index contributed by atoms with van der Waals surface area (Å²) in [6, 6.07) is 9.48. The SMILES string of the molecule is N#Cc1ccc(-c2cncc3c2CCN3C(=O)CCl)cc1. The topological polar surface area (TPSA) is 57.0 Å². The minimum atomic E-state index is -0.103. The summed E-state index contributed by atoms with van der Waals surface area (Å²) in [5, 5.41) is 8.86. The van der Waals surface area contributed by atoms with Crippen LogP contribution in [-0.2, 0) is 11.2 Å². The van der Waals surface area contributed by atoms with Gasteiger partial charge in [0.15, 0.2) is 0 Å². The Labute approximate surface area is 127 Å². The predicted molar refractivity (Wildman–Crippen MR) is 81.2 cm³/mol. The zero-order chi connectivity index (χ0) is 14.8. The number of amides is 1. The van der Waals surface area contributed by atoms with Crippen LogP contribution in [0.2, 0.25) is 0 Å². The molecule has 0 aliphatic carbocycles. The average Bonchev–Trinajstić information content (AvgIpc) is 2.98. The van der Waals surface area contributed by atoms with E-state index in [1.165, 1.54) is 0 Å². The first-order valence-electron chi connectivity index (χ1n) is 6.58. The predicted octanol–water partition coefficient (Wildman–Crippen LogP) is 2.75. The number of alkyl halides is 1. The van der Waals surface area contributed by atoms with Crippen molar-refractivity contribution in [2.75, 3.05) is 17.3 Å². The van der Waals surface area contributed by atoms with Crippen LogP contribution in [0.3, 0.4) is 0 Å². The van der Waals surface area contributed by atoms with Crippen LogP contribution in [0.5, 0.6) is 0 Å². The molecule has 1 aromatic heterocycles. The lowest BCUT2D eigenvalue weighted by molar-refractivity contribution is -0.116. The molecule has 0 bridgehead atoms. The van der Waals surface area contributed by atoms with Crippen molar-refractivity contribution < 1.29 is 4.79 Å². The van der Waals surface area contributed by atoms with E-state index in [2.05, 4.69) is 11.1 Å². The van der Waals surface area contributed by atoms with Crippen LogP contribution in [0.4, 0.5) is 5.69 Å². The first-order valence-corrected chi connectivity index (χ1v) is 7.12. The fraction of sp³-hybridized carbons (Fsp3) is 0.188. The lowest BCUT2D eigenvalue weighted by atomic mass is 9.99. The molecule has 3 rings (SSSR count). The van der Waals surface area contributed by atoms with Gasteiger partial charge in [0, 0.05) is 18.3 Å². The quantitative estimate of drug-likeness (QED) is 0.801. The van der Waals surface area contributed by atoms with E-state index < -0.39 is 0 Å². The fourth-order valence-corrected chi connectivity index (χ4v) is 2.76. The number of pyridine rings is 1. The van der Waals surface area contributed by atoms with Gasteiger partial charge < -0.3 is 4.90 Å². The molecule has 5 heteroatoms. The van der Waals surface area contributed by atoms with Crippen molar-refractivity contribution in [1.29, 1.82) is 5.26 Å². The summed E-state index contributed by atoms with van der Waals surface area (Å²) < 4.78 is 0. The van der Waals surface area contributed by atoms with Crippen LogP contribution in [0.15, 0.2) is 36.7 Å². The molecule has 21 heavy (non-hydrogen) atoms. The molecule has 0 saturated carbocycles. The van der Waals surface area contributed by atoms with Gasteiger partial charge >= 0.3 is 0 Å². The summed E-state index contributed by atoms with van der Waals surface area (Å²) in [5.74, 6) is -0.130. The maximum absolute atomic E-state index is 11.8. The highest BCUT2D eigenvalue weighted by Crippen LogP contribution is 2.35. The molecule has 1 aliphatic heterocycles. The zero-order valence-corrected chi connectivity index (χ0v) is 12.0. The van der Waals surface area contributed by atoms with Crippen LogP contribution < -0.4 is 4.90 Å². The molecule has 1 aromatic carbocycles. The van der Waals surface area contributed by atoms with E-state index in [1.807, 2.05) is 12.1 Å². The van der Waals surface area contributed by atoms with Gasteiger partial charge in [-0.3, -0.25) is 9.78 Å². The Kier molecular flexibility index (Phi) is 3.59. The van der Waals surface area contributed by atoms with Crippen molar-refractivity contribution in [3.63, 3.8) is 0 Å². The maximum atomic E-state index is 11.8. The molecule has 104 valence electrons. The first kappa shape index (κ1) is 13.6. The van der Waals surface area contributed by atoms with Crippen molar-refractivity contribution in [2.24, 2.45) is 0 Å². The molecule has 0 radical (unpaired) electrons. The van der Waals surface area contributed by atoms with Gasteiger partial charge in [0.1, 0.15) is 5.88 Å². The van der Waals surface area contributed by atoms with Crippen molar-refractivity contribution in [1.82, 2.24) is 4.98 Å². The van der Waals surface area contributed by atoms with E-state index in [1.54, 1.807) is 29.4 Å². The van der Waals surface area contributed by atoms with E-state index in [0.29, 0.717) is 12.1 Å². The monoisotopic (exact) mass is 297 g/mol. The van der Waals surface area contributed by atoms with E-state index >= 15 is 0 Å². The molecular formula is C16H12ClN3O. The average molecular weight is 298 g/mol. The number of nitriles is 1. The number of rotatable bonds is 2. The third kappa shape index (κ3) is 2.37. The molecule has 0 atom stereocenters. The largest absolute Gasteiger partial charge is 0.309 e. The highest BCUT2D eigenvalue weighted by atomic mass is 35.5. The molecule has 0 saturated heterocycles. The summed E-state index contributed by atoms with van der Waals surface area (Å²) in [4.78, 5) is 17.8. The number of nitrogens with zero attached hydrogens (tertiary/aromatic N) is 3. The number of hydrogen-bond acceptors (Lipinski definition) is 3. The Morgan fingerprint density at radius 3 is 2.76 bits per heavy atom. The molecule has 1 aliphatic rings. The minimum Gasteiger partial charge on any atom is -0.309 e. The summed E-state index contributed by atoms with van der Waals surface area (Å²) in [6.07, 6.45) is 4.30. The van der Waals surface area contributed by atoms with Gasteiger partial charge in [-0.1, -0.05) is 12.1 Å². The third-order valence-corrected chi connectivity index (χ3v) is 3.88. The number of carbonyl (C=O) groups is 1. The lowest BCUT2D eigenvalue weighted by Gasteiger charge is -2.15. The Hall–Kier alpha value is -2.38. The molecule has 2 aromatic rings. The van der Waals surface area contributed by atoms with Gasteiger partial charge in [0.05, 0.1) is 23.5 Å². The van der Waals surface area contributed by atoms with Crippen LogP contribution in [0.25, 0.3) is 11.1 Å². The van der Waals surface area contributed by atoms with Gasteiger partial charge in [-0.2, -0.15) is 5.26 Å². The van der Waals surface area contributed by atoms with Gasteiger partial charge in [-0.15, -0.1) is 11.6 Å². The lowest BCUT2D eigenvalue weighted by Crippen LogP contribution is -2.29. The number of carbonyl (C=O) groups excluding carboxylic acids is 1. The van der Waals surface area contributed by atoms with E-state index in [9.17, 15) is 4.79 Å². The van der Waals surface area contributed by atoms with Gasteiger partial charge in [-0.05, 0) is 29.7 Å². The maximum Gasteiger partial charge on any atom is 0.241 e. The number of anilines is 1. The van der Waals surface area contributed by atoms with Crippen molar-refractivity contribution in [2.45, 2.75) is 6.42 Å². The van der Waals surface area contributed by atoms with E-state index in [-0.39, 0.29) is 11.8 Å². The number of fused-ring (bicyclic) bond motifs is 1. The Balaban J connectivity index is 2.04. The summed E-state index contributed by atoms with van der Waals surface area (Å²) >= 11 is 5.65. The first-order chi connectivity index (χ1) is 10.2. The number of aromatic nitrogens is 1. The molecule has 2 heterocycles. The summed E-state index contributed by atoms with van der Waals surface area (Å²) in [7, 11) is 0. The van der Waals surface area contributed by atoms with Crippen LogP contribution in [0, 0.1) is 11.3 Å². The number of halogens is 1. The molecule has 0 N–H and O–H groups in total. The molecule has 0 fully saturated rings. The van der Waals surface area contributed by atoms with Crippen molar-refractivity contribution in [3.8, 4) is 17.2 Å². The molecule has 0 spiro atoms. The Bertz CT molecular complexity index is 734. The molecular weight excluding hydrogens is 286 g/mol. The second-order valence-electron chi connectivity index (χ2n) is 4.80. The Morgan fingerprint density at radius 1 is 1.33 bits per heavy atom. The van der Waals surface area contributed by atoms with E-state index in [4.69, 9.17) is 16.9 Å². The smallest absolute Gasteiger partial charge is 0.241 e. The molecule has 0 unspecified atom stereocenters. The highest BCUT2D eigenvalue weighted by Gasteiger charge is 2.26. The zero-order valence-electron chi connectivity index (χ0n) is 11.2. The normalized spacial score (nSPS) is 12.9. The molecule has 1 amide bonds. The summed E-state index contributed by atoms with van der Waals surface area (Å²) in [6.45, 7) is 0.635. The van der Waals surface area contributed by atoms with Crippen LogP contribution >= 0.6 is 11.6 Å². The summed E-state index contributed by atoms with van der Waals surface area (Å²) in [5.41, 5.74) is 4.56. The second kappa shape index (κ2) is 5.55. The van der Waals surface area contributed by atoms with Crippen molar-refractivity contribution in [3.05, 3.63) is 47.8 Å². The van der Waals surface area contributed by atoms with Crippen LogP contribution in [-0.4, -0.2) is 23.3 Å². The standard InChI is InChI=1S/C16H12ClN3O/c17-7-16(21)20-6-5-13-14(9-19-10-15(13)20)12-3-1-11(8-18)2-4-12/h1-4,9-10H,5-7H2. The van der Waals surface area contributed by atoms with Gasteiger partial charge in [-0.25, -0.2) is 0 Å². The second-order valence-corrected chi connectivity index (χ2v) is 5.07. The third-order valence-electron chi connectivity index (χ3n) is 3.65. The van der Waals surface area contributed by atoms with Crippen LogP contribution in [0.1, 0.15) is 11.1 Å². The number of hydrogen-bond donors (Lipinski definition) is 0. The van der Waals surface area contributed by atoms with Crippen molar-refractivity contribution >= 4 is 23.2 Å². The Morgan fingerprint density at radius 2 is 2.10 bits per heavy atom. The molecule has 4 nitrogen and oxygen atoms in total. The van der Waals surface area contributed by atoms with Gasteiger partial charge in [0.25, 0.3) is 0 Å². The van der Waals surface area contributed by atoms with E-state index in [0.717, 1.165) is 28.8 Å². The van der Waals surface area contributed by atoms with Gasteiger partial charge in [0.2, 0.25) is 5.91 Å².